The van der Waals surface area contributed by atoms with E-state index in [0.29, 0.717) is 15.6 Å². The fraction of sp³-hybridized carbons (Fsp3) is 0.0526. The average molecular weight is 415 g/mol. The number of hydrogen-bond donors (Lipinski definition) is 0. The van der Waals surface area contributed by atoms with E-state index in [1.54, 1.807) is 30.3 Å². The van der Waals surface area contributed by atoms with E-state index < -0.39 is 11.4 Å². The summed E-state index contributed by atoms with van der Waals surface area (Å²) in [6.07, 6.45) is 1.43. The van der Waals surface area contributed by atoms with Crippen LogP contribution >= 0.6 is 15.9 Å². The van der Waals surface area contributed by atoms with E-state index in [9.17, 15) is 9.59 Å². The average Bonchev–Trinajstić information content (AvgIpc) is 3.29. The molecule has 0 spiro atoms. The molecule has 3 aromatic heterocycles. The number of benzene rings is 1. The maximum absolute atomic E-state index is 12.9. The largest absolute Gasteiger partial charge is 0.461 e. The Hall–Kier alpha value is -3.06. The molecule has 1 aromatic carbocycles. The van der Waals surface area contributed by atoms with Crippen molar-refractivity contribution in [1.29, 1.82) is 0 Å². The predicted octanol–water partition coefficient (Wildman–Crippen LogP) is 4.94. The first kappa shape index (κ1) is 16.4. The molecule has 7 heteroatoms. The van der Waals surface area contributed by atoms with Gasteiger partial charge in [-0.2, -0.15) is 0 Å². The van der Waals surface area contributed by atoms with Crippen LogP contribution in [0.3, 0.4) is 0 Å². The van der Waals surface area contributed by atoms with Gasteiger partial charge < -0.3 is 18.0 Å². The first-order valence-corrected chi connectivity index (χ1v) is 8.41. The van der Waals surface area contributed by atoms with Gasteiger partial charge in [-0.15, -0.1) is 0 Å². The lowest BCUT2D eigenvalue weighted by Gasteiger charge is -2.08. The lowest BCUT2D eigenvalue weighted by atomic mass is 10.1. The number of aryl methyl sites for hydroxylation is 1. The molecule has 4 aromatic rings. The minimum atomic E-state index is -0.817. The minimum Gasteiger partial charge on any atom is -0.461 e. The molecular weight excluding hydrogens is 404 g/mol. The van der Waals surface area contributed by atoms with Crippen molar-refractivity contribution >= 4 is 32.9 Å². The highest BCUT2D eigenvalue weighted by Crippen LogP contribution is 2.32. The Bertz CT molecular complexity index is 1170. The molecule has 0 fully saturated rings. The molecule has 0 amide bonds. The van der Waals surface area contributed by atoms with Crippen molar-refractivity contribution in [3.63, 3.8) is 0 Å². The van der Waals surface area contributed by atoms with Gasteiger partial charge in [-0.1, -0.05) is 11.6 Å². The van der Waals surface area contributed by atoms with Gasteiger partial charge in [0, 0.05) is 0 Å². The van der Waals surface area contributed by atoms with E-state index >= 15 is 0 Å². The van der Waals surface area contributed by atoms with Crippen LogP contribution in [0.2, 0.25) is 0 Å². The highest BCUT2D eigenvalue weighted by atomic mass is 79.9. The van der Waals surface area contributed by atoms with Crippen molar-refractivity contribution in [2.75, 3.05) is 0 Å². The van der Waals surface area contributed by atoms with E-state index in [2.05, 4.69) is 15.9 Å². The maximum atomic E-state index is 12.9. The Morgan fingerprint density at radius 3 is 2.65 bits per heavy atom. The normalized spacial score (nSPS) is 11.0. The lowest BCUT2D eigenvalue weighted by Crippen LogP contribution is -2.15. The molecule has 0 bridgehead atoms. The number of halogens is 1. The standard InChI is InChI=1S/C19H11BrO6/c1-10-4-5-12-11(9-10)16(21)18(17(25-12)13-3-2-8-23-13)26-19(22)14-6-7-15(20)24-14/h2-9H,1H3. The molecule has 0 radical (unpaired) electrons. The molecule has 6 nitrogen and oxygen atoms in total. The first-order chi connectivity index (χ1) is 12.5. The summed E-state index contributed by atoms with van der Waals surface area (Å²) in [6, 6.07) is 11.4. The van der Waals surface area contributed by atoms with Crippen LogP contribution in [0.25, 0.3) is 22.5 Å². The van der Waals surface area contributed by atoms with Crippen LogP contribution in [0.5, 0.6) is 5.75 Å². The van der Waals surface area contributed by atoms with Gasteiger partial charge in [0.2, 0.25) is 22.7 Å². The van der Waals surface area contributed by atoms with Gasteiger partial charge in [0.05, 0.1) is 11.6 Å². The number of ether oxygens (including phenoxy) is 1. The quantitative estimate of drug-likeness (QED) is 0.441. The number of carbonyl (C=O) groups is 1. The molecule has 26 heavy (non-hydrogen) atoms. The monoisotopic (exact) mass is 414 g/mol. The van der Waals surface area contributed by atoms with Gasteiger partial charge in [0.15, 0.2) is 10.4 Å². The topological polar surface area (TPSA) is 82.8 Å². The lowest BCUT2D eigenvalue weighted by molar-refractivity contribution is 0.0696. The molecule has 0 aliphatic carbocycles. The van der Waals surface area contributed by atoms with Crippen molar-refractivity contribution in [1.82, 2.24) is 0 Å². The molecule has 0 atom stereocenters. The van der Waals surface area contributed by atoms with Crippen molar-refractivity contribution in [2.24, 2.45) is 0 Å². The number of fused-ring (bicyclic) bond motifs is 1. The molecule has 4 rings (SSSR count). The molecule has 0 saturated carbocycles. The summed E-state index contributed by atoms with van der Waals surface area (Å²) in [6.45, 7) is 1.85. The second-order valence-electron chi connectivity index (χ2n) is 5.56. The molecular formula is C19H11BrO6. The van der Waals surface area contributed by atoms with Gasteiger partial charge in [-0.25, -0.2) is 4.79 Å². The fourth-order valence-corrected chi connectivity index (χ4v) is 2.83. The van der Waals surface area contributed by atoms with E-state index in [1.807, 2.05) is 13.0 Å². The summed E-state index contributed by atoms with van der Waals surface area (Å²) in [7, 11) is 0. The number of rotatable bonds is 3. The maximum Gasteiger partial charge on any atom is 0.379 e. The van der Waals surface area contributed by atoms with Crippen molar-refractivity contribution in [3.8, 4) is 17.3 Å². The zero-order chi connectivity index (χ0) is 18.3. The van der Waals surface area contributed by atoms with Crippen LogP contribution in [-0.4, -0.2) is 5.97 Å². The summed E-state index contributed by atoms with van der Waals surface area (Å²) in [5, 5.41) is 0.309. The smallest absolute Gasteiger partial charge is 0.379 e. The van der Waals surface area contributed by atoms with Crippen LogP contribution in [0.1, 0.15) is 16.1 Å². The molecule has 3 heterocycles. The number of carbonyl (C=O) groups excluding carboxylic acids is 1. The van der Waals surface area contributed by atoms with E-state index in [0.717, 1.165) is 5.56 Å². The number of hydrogen-bond acceptors (Lipinski definition) is 6. The van der Waals surface area contributed by atoms with Gasteiger partial charge in [-0.05, 0) is 59.3 Å². The fourth-order valence-electron chi connectivity index (χ4n) is 2.52. The number of esters is 1. The number of furan rings is 2. The molecule has 0 saturated heterocycles. The molecule has 0 aliphatic rings. The first-order valence-electron chi connectivity index (χ1n) is 7.62. The molecule has 0 N–H and O–H groups in total. The second kappa shape index (κ2) is 6.34. The second-order valence-corrected chi connectivity index (χ2v) is 6.34. The van der Waals surface area contributed by atoms with Crippen molar-refractivity contribution in [2.45, 2.75) is 6.92 Å². The third-order valence-electron chi connectivity index (χ3n) is 3.72. The van der Waals surface area contributed by atoms with Crippen LogP contribution in [0.15, 0.2) is 71.4 Å². The van der Waals surface area contributed by atoms with Gasteiger partial charge >= 0.3 is 5.97 Å². The zero-order valence-corrected chi connectivity index (χ0v) is 15.0. The Morgan fingerprint density at radius 2 is 1.96 bits per heavy atom. The Morgan fingerprint density at radius 1 is 1.12 bits per heavy atom. The minimum absolute atomic E-state index is 0.0373. The van der Waals surface area contributed by atoms with E-state index in [1.165, 1.54) is 12.3 Å². The van der Waals surface area contributed by atoms with Crippen LogP contribution in [-0.2, 0) is 0 Å². The highest BCUT2D eigenvalue weighted by Gasteiger charge is 2.24. The van der Waals surface area contributed by atoms with Gasteiger partial charge in [0.1, 0.15) is 5.58 Å². The zero-order valence-electron chi connectivity index (χ0n) is 13.4. The third kappa shape index (κ3) is 2.86. The highest BCUT2D eigenvalue weighted by molar-refractivity contribution is 9.10. The van der Waals surface area contributed by atoms with Gasteiger partial charge in [0.25, 0.3) is 0 Å². The Kier molecular flexibility index (Phi) is 4.00. The Balaban J connectivity index is 1.90. The summed E-state index contributed by atoms with van der Waals surface area (Å²) in [4.78, 5) is 25.3. The van der Waals surface area contributed by atoms with E-state index in [-0.39, 0.29) is 23.0 Å². The predicted molar refractivity (Wildman–Crippen MR) is 96.3 cm³/mol. The summed E-state index contributed by atoms with van der Waals surface area (Å²) in [5.41, 5.74) is 0.774. The third-order valence-corrected chi connectivity index (χ3v) is 4.14. The summed E-state index contributed by atoms with van der Waals surface area (Å²) in [5.74, 6) is -0.812. The summed E-state index contributed by atoms with van der Waals surface area (Å²) < 4.78 is 22.0. The summed E-state index contributed by atoms with van der Waals surface area (Å²) >= 11 is 3.12. The van der Waals surface area contributed by atoms with Gasteiger partial charge in [-0.3, -0.25) is 4.79 Å². The Labute approximate surface area is 155 Å². The van der Waals surface area contributed by atoms with E-state index in [4.69, 9.17) is 18.0 Å². The van der Waals surface area contributed by atoms with Crippen LogP contribution < -0.4 is 10.2 Å². The van der Waals surface area contributed by atoms with Crippen molar-refractivity contribution in [3.05, 3.63) is 74.9 Å². The molecule has 130 valence electrons. The molecule has 0 aliphatic heterocycles. The SMILES string of the molecule is Cc1ccc2oc(-c3ccco3)c(OC(=O)c3ccc(Br)o3)c(=O)c2c1. The van der Waals surface area contributed by atoms with Crippen molar-refractivity contribution < 1.29 is 22.8 Å². The van der Waals surface area contributed by atoms with Crippen LogP contribution in [0, 0.1) is 6.92 Å². The van der Waals surface area contributed by atoms with Crippen LogP contribution in [0.4, 0.5) is 0 Å². The molecule has 0 unspecified atom stereocenters.